The normalized spacial score (nSPS) is 11.2. The molecule has 5 nitrogen and oxygen atoms in total. The second-order valence-corrected chi connectivity index (χ2v) is 4.53. The number of rotatable bonds is 2. The molecule has 1 rings (SSSR count). The van der Waals surface area contributed by atoms with E-state index in [1.807, 2.05) is 0 Å². The van der Waals surface area contributed by atoms with Crippen molar-refractivity contribution < 1.29 is 8.42 Å². The quantitative estimate of drug-likeness (QED) is 0.685. The van der Waals surface area contributed by atoms with Crippen LogP contribution in [0.3, 0.4) is 0 Å². The summed E-state index contributed by atoms with van der Waals surface area (Å²) in [6.45, 7) is 0. The van der Waals surface area contributed by atoms with Crippen LogP contribution in [0.25, 0.3) is 0 Å². The summed E-state index contributed by atoms with van der Waals surface area (Å²) in [6, 6.07) is 4.66. The topological polar surface area (TPSA) is 98.2 Å². The Morgan fingerprint density at radius 1 is 1.38 bits per heavy atom. The largest absolute Gasteiger partial charge is 0.399 e. The lowest BCUT2D eigenvalue weighted by Crippen LogP contribution is -2.21. The number of halogens is 1. The van der Waals surface area contributed by atoms with Crippen molar-refractivity contribution in [3.05, 3.63) is 22.7 Å². The number of benzene rings is 1. The van der Waals surface area contributed by atoms with Crippen LogP contribution in [0.1, 0.15) is 0 Å². The molecule has 0 unspecified atom stereocenters. The van der Waals surface area contributed by atoms with E-state index in [0.29, 0.717) is 15.8 Å². The summed E-state index contributed by atoms with van der Waals surface area (Å²) in [5.41, 5.74) is 6.34. The molecule has 0 atom stereocenters. The summed E-state index contributed by atoms with van der Waals surface area (Å²) in [7, 11) is -3.73. The van der Waals surface area contributed by atoms with Crippen LogP contribution in [0.2, 0.25) is 0 Å². The minimum absolute atomic E-state index is 0.358. The van der Waals surface area contributed by atoms with Gasteiger partial charge in [-0.1, -0.05) is 0 Å². The van der Waals surface area contributed by atoms with Gasteiger partial charge in [0.1, 0.15) is 0 Å². The summed E-state index contributed by atoms with van der Waals surface area (Å²) in [4.78, 5) is 0. The van der Waals surface area contributed by atoms with Crippen LogP contribution in [-0.2, 0) is 10.2 Å². The molecule has 0 saturated carbocycles. The molecule has 0 aliphatic heterocycles. The van der Waals surface area contributed by atoms with Crippen LogP contribution >= 0.6 is 15.9 Å². The van der Waals surface area contributed by atoms with Gasteiger partial charge in [0.2, 0.25) is 0 Å². The maximum absolute atomic E-state index is 10.7. The highest BCUT2D eigenvalue weighted by Crippen LogP contribution is 2.24. The predicted molar refractivity (Wildman–Crippen MR) is 55.3 cm³/mol. The first-order valence-corrected chi connectivity index (χ1v) is 5.58. The zero-order valence-corrected chi connectivity index (χ0v) is 8.89. The van der Waals surface area contributed by atoms with E-state index >= 15 is 0 Å². The molecule has 0 aromatic heterocycles. The standard InChI is InChI=1S/C6H8BrN3O2S/c7-5-3-4(8)1-2-6(5)10-13(9,11)12/h1-3,10H,8H2,(H2,9,11,12). The highest BCUT2D eigenvalue weighted by atomic mass is 79.9. The molecule has 1 aromatic carbocycles. The summed E-state index contributed by atoms with van der Waals surface area (Å²) < 4.78 is 24.0. The third-order valence-electron chi connectivity index (χ3n) is 1.25. The van der Waals surface area contributed by atoms with Crippen LogP contribution in [0.4, 0.5) is 11.4 Å². The van der Waals surface area contributed by atoms with Gasteiger partial charge in [-0.15, -0.1) is 0 Å². The van der Waals surface area contributed by atoms with Gasteiger partial charge in [-0.2, -0.15) is 8.42 Å². The second-order valence-electron chi connectivity index (χ2n) is 2.39. The molecule has 7 heteroatoms. The molecule has 0 amide bonds. The molecule has 0 aliphatic carbocycles. The van der Waals surface area contributed by atoms with Gasteiger partial charge in [0, 0.05) is 10.2 Å². The fraction of sp³-hybridized carbons (Fsp3) is 0. The van der Waals surface area contributed by atoms with Crippen molar-refractivity contribution in [3.63, 3.8) is 0 Å². The van der Waals surface area contributed by atoms with Crippen LogP contribution in [0, 0.1) is 0 Å². The van der Waals surface area contributed by atoms with E-state index in [-0.39, 0.29) is 0 Å². The van der Waals surface area contributed by atoms with Crippen LogP contribution in [0.15, 0.2) is 22.7 Å². The Hall–Kier alpha value is -0.790. The summed E-state index contributed by atoms with van der Waals surface area (Å²) in [6.07, 6.45) is 0. The van der Waals surface area contributed by atoms with E-state index in [0.717, 1.165) is 0 Å². The average Bonchev–Trinajstić information content (AvgIpc) is 1.93. The summed E-state index contributed by atoms with van der Waals surface area (Å²) >= 11 is 3.14. The first-order valence-electron chi connectivity index (χ1n) is 3.24. The fourth-order valence-electron chi connectivity index (χ4n) is 0.767. The Labute approximate surface area is 84.4 Å². The lowest BCUT2D eigenvalue weighted by molar-refractivity contribution is 0.603. The van der Waals surface area contributed by atoms with Crippen molar-refractivity contribution in [3.8, 4) is 0 Å². The molecule has 0 fully saturated rings. The van der Waals surface area contributed by atoms with E-state index in [9.17, 15) is 8.42 Å². The van der Waals surface area contributed by atoms with E-state index in [4.69, 9.17) is 10.9 Å². The SMILES string of the molecule is Nc1ccc(NS(N)(=O)=O)c(Br)c1. The van der Waals surface area contributed by atoms with E-state index in [1.165, 1.54) is 6.07 Å². The van der Waals surface area contributed by atoms with E-state index in [2.05, 4.69) is 20.7 Å². The number of nitrogens with one attached hydrogen (secondary N) is 1. The summed E-state index contributed by atoms with van der Waals surface area (Å²) in [5, 5.41) is 4.78. The number of nitrogen functional groups attached to an aromatic ring is 1. The molecule has 13 heavy (non-hydrogen) atoms. The zero-order chi connectivity index (χ0) is 10.1. The van der Waals surface area contributed by atoms with Crippen molar-refractivity contribution in [2.45, 2.75) is 0 Å². The van der Waals surface area contributed by atoms with Gasteiger partial charge in [0.15, 0.2) is 0 Å². The van der Waals surface area contributed by atoms with Crippen molar-refractivity contribution in [1.29, 1.82) is 0 Å². The molecule has 1 aromatic rings. The molecule has 0 heterocycles. The maximum Gasteiger partial charge on any atom is 0.296 e. The van der Waals surface area contributed by atoms with Gasteiger partial charge < -0.3 is 5.73 Å². The smallest absolute Gasteiger partial charge is 0.296 e. The molecular formula is C6H8BrN3O2S. The predicted octanol–water partition coefficient (Wildman–Crippen LogP) is 0.647. The van der Waals surface area contributed by atoms with Crippen molar-refractivity contribution in [2.24, 2.45) is 5.14 Å². The Morgan fingerprint density at radius 2 is 2.00 bits per heavy atom. The Balaban J connectivity index is 3.04. The minimum atomic E-state index is -3.73. The molecule has 5 N–H and O–H groups in total. The molecule has 0 aliphatic rings. The molecular weight excluding hydrogens is 258 g/mol. The molecule has 0 saturated heterocycles. The van der Waals surface area contributed by atoms with Gasteiger partial charge in [0.05, 0.1) is 5.69 Å². The third kappa shape index (κ3) is 3.21. The average molecular weight is 266 g/mol. The number of nitrogens with two attached hydrogens (primary N) is 2. The lowest BCUT2D eigenvalue weighted by Gasteiger charge is -2.05. The van der Waals surface area contributed by atoms with E-state index < -0.39 is 10.2 Å². The molecule has 0 radical (unpaired) electrons. The van der Waals surface area contributed by atoms with Crippen molar-refractivity contribution in [2.75, 3.05) is 10.5 Å². The lowest BCUT2D eigenvalue weighted by atomic mass is 10.3. The fourth-order valence-corrected chi connectivity index (χ4v) is 1.88. The Morgan fingerprint density at radius 3 is 2.46 bits per heavy atom. The van der Waals surface area contributed by atoms with Gasteiger partial charge in [0.25, 0.3) is 10.2 Å². The number of hydrogen-bond acceptors (Lipinski definition) is 3. The van der Waals surface area contributed by atoms with Crippen molar-refractivity contribution >= 4 is 37.5 Å². The maximum atomic E-state index is 10.7. The summed E-state index contributed by atoms with van der Waals surface area (Å²) in [5.74, 6) is 0. The minimum Gasteiger partial charge on any atom is -0.399 e. The monoisotopic (exact) mass is 265 g/mol. The first-order chi connectivity index (χ1) is 5.88. The van der Waals surface area contributed by atoms with Crippen molar-refractivity contribution in [1.82, 2.24) is 0 Å². The number of anilines is 2. The van der Waals surface area contributed by atoms with Crippen LogP contribution in [-0.4, -0.2) is 8.42 Å². The molecule has 0 bridgehead atoms. The van der Waals surface area contributed by atoms with Gasteiger partial charge in [-0.25, -0.2) is 5.14 Å². The van der Waals surface area contributed by atoms with Gasteiger partial charge in [-0.3, -0.25) is 4.72 Å². The molecule has 72 valence electrons. The number of hydrogen-bond donors (Lipinski definition) is 3. The van der Waals surface area contributed by atoms with Gasteiger partial charge in [-0.05, 0) is 34.1 Å². The first kappa shape index (κ1) is 10.3. The van der Waals surface area contributed by atoms with Crippen LogP contribution in [0.5, 0.6) is 0 Å². The highest BCUT2D eigenvalue weighted by molar-refractivity contribution is 9.10. The van der Waals surface area contributed by atoms with Crippen LogP contribution < -0.4 is 15.6 Å². The third-order valence-corrected chi connectivity index (χ3v) is 2.41. The molecule has 0 spiro atoms. The van der Waals surface area contributed by atoms with E-state index in [1.54, 1.807) is 12.1 Å². The Bertz CT molecular complexity index is 418. The van der Waals surface area contributed by atoms with Gasteiger partial charge >= 0.3 is 0 Å². The Kier molecular flexibility index (Phi) is 2.79. The zero-order valence-electron chi connectivity index (χ0n) is 6.49. The highest BCUT2D eigenvalue weighted by Gasteiger charge is 2.05. The second kappa shape index (κ2) is 3.52.